The maximum atomic E-state index is 5.05. The molecule has 0 radical (unpaired) electrons. The number of rotatable bonds is 2. The van der Waals surface area contributed by atoms with Gasteiger partial charge < -0.3 is 4.74 Å². The summed E-state index contributed by atoms with van der Waals surface area (Å²) in [4.78, 5) is 4.32. The van der Waals surface area contributed by atoms with E-state index in [1.54, 1.807) is 7.11 Å². The topological polar surface area (TPSA) is 22.1 Å². The van der Waals surface area contributed by atoms with Crippen molar-refractivity contribution in [2.75, 3.05) is 7.11 Å². The van der Waals surface area contributed by atoms with Gasteiger partial charge in [-0.05, 0) is 6.92 Å². The molecule has 3 heteroatoms. The van der Waals surface area contributed by atoms with Gasteiger partial charge in [-0.3, -0.25) is 0 Å². The molecule has 0 bridgehead atoms. The predicted molar refractivity (Wildman–Crippen MR) is 58.8 cm³/mol. The zero-order valence-corrected chi connectivity index (χ0v) is 8.97. The summed E-state index contributed by atoms with van der Waals surface area (Å²) in [6, 6.07) is 8.32. The molecular formula is C11H11NOS. The van der Waals surface area contributed by atoms with Crippen LogP contribution in [0.15, 0.2) is 29.6 Å². The number of hydrogen-bond acceptors (Lipinski definition) is 3. The lowest BCUT2D eigenvalue weighted by molar-refractivity contribution is 0.412. The van der Waals surface area contributed by atoms with Gasteiger partial charge in [-0.1, -0.05) is 41.2 Å². The van der Waals surface area contributed by atoms with Crippen molar-refractivity contribution in [3.8, 4) is 16.5 Å². The van der Waals surface area contributed by atoms with Crippen LogP contribution >= 0.6 is 11.3 Å². The smallest absolute Gasteiger partial charge is 0.273 e. The Morgan fingerprint density at radius 1 is 1.21 bits per heavy atom. The Labute approximate surface area is 87.2 Å². The molecule has 0 fully saturated rings. The number of ether oxygens (including phenoxy) is 1. The van der Waals surface area contributed by atoms with Gasteiger partial charge in [-0.2, -0.15) is 0 Å². The molecule has 0 saturated heterocycles. The van der Waals surface area contributed by atoms with Gasteiger partial charge in [0.1, 0.15) is 0 Å². The minimum atomic E-state index is 0.709. The van der Waals surface area contributed by atoms with E-state index in [1.165, 1.54) is 16.9 Å². The lowest BCUT2D eigenvalue weighted by Gasteiger charge is -1.96. The number of thiazole rings is 1. The highest BCUT2D eigenvalue weighted by Gasteiger charge is 2.03. The molecule has 72 valence electrons. The highest BCUT2D eigenvalue weighted by molar-refractivity contribution is 7.11. The molecule has 0 atom stereocenters. The molecule has 1 aromatic heterocycles. The van der Waals surface area contributed by atoms with Crippen LogP contribution < -0.4 is 4.74 Å². The van der Waals surface area contributed by atoms with Crippen LogP contribution in [0.1, 0.15) is 5.56 Å². The quantitative estimate of drug-likeness (QED) is 0.751. The average molecular weight is 205 g/mol. The van der Waals surface area contributed by atoms with Crippen molar-refractivity contribution in [2.24, 2.45) is 0 Å². The Hall–Kier alpha value is -1.35. The summed E-state index contributed by atoms with van der Waals surface area (Å²) in [5.74, 6) is 0. The van der Waals surface area contributed by atoms with Crippen LogP contribution in [-0.2, 0) is 0 Å². The first-order chi connectivity index (χ1) is 6.79. The molecule has 1 heterocycles. The van der Waals surface area contributed by atoms with Gasteiger partial charge in [0.2, 0.25) is 0 Å². The maximum absolute atomic E-state index is 5.05. The fourth-order valence-electron chi connectivity index (χ4n) is 1.21. The molecule has 14 heavy (non-hydrogen) atoms. The van der Waals surface area contributed by atoms with Crippen LogP contribution in [0.4, 0.5) is 0 Å². The number of hydrogen-bond donors (Lipinski definition) is 0. The number of benzene rings is 1. The fraction of sp³-hybridized carbons (Fsp3) is 0.182. The lowest BCUT2D eigenvalue weighted by atomic mass is 10.1. The van der Waals surface area contributed by atoms with Crippen LogP contribution in [0.3, 0.4) is 0 Å². The van der Waals surface area contributed by atoms with E-state index in [9.17, 15) is 0 Å². The van der Waals surface area contributed by atoms with E-state index < -0.39 is 0 Å². The van der Waals surface area contributed by atoms with E-state index in [0.29, 0.717) is 5.19 Å². The normalized spacial score (nSPS) is 10.1. The van der Waals surface area contributed by atoms with Crippen LogP contribution in [0.2, 0.25) is 0 Å². The number of aromatic nitrogens is 1. The second-order valence-electron chi connectivity index (χ2n) is 3.07. The third kappa shape index (κ3) is 1.77. The Morgan fingerprint density at radius 2 is 1.93 bits per heavy atom. The predicted octanol–water partition coefficient (Wildman–Crippen LogP) is 3.13. The van der Waals surface area contributed by atoms with Gasteiger partial charge >= 0.3 is 0 Å². The minimum absolute atomic E-state index is 0.709. The molecule has 0 aliphatic rings. The minimum Gasteiger partial charge on any atom is -0.473 e. The van der Waals surface area contributed by atoms with Gasteiger partial charge in [0.05, 0.1) is 12.8 Å². The second kappa shape index (κ2) is 3.80. The van der Waals surface area contributed by atoms with E-state index in [-0.39, 0.29) is 0 Å². The zero-order valence-electron chi connectivity index (χ0n) is 8.15. The molecule has 0 aliphatic carbocycles. The van der Waals surface area contributed by atoms with Gasteiger partial charge in [0.15, 0.2) is 0 Å². The number of nitrogens with zero attached hydrogens (tertiary/aromatic N) is 1. The standard InChI is InChI=1S/C11H11NOS/c1-8-3-5-9(6-4-8)10-7-14-11(12-10)13-2/h3-7H,1-2H3. The third-order valence-corrected chi connectivity index (χ3v) is 2.81. The van der Waals surface area contributed by atoms with E-state index in [2.05, 4.69) is 36.2 Å². The Kier molecular flexibility index (Phi) is 2.50. The molecule has 0 amide bonds. The van der Waals surface area contributed by atoms with Gasteiger partial charge in [-0.15, -0.1) is 0 Å². The fourth-order valence-corrected chi connectivity index (χ4v) is 1.86. The third-order valence-electron chi connectivity index (χ3n) is 2.01. The van der Waals surface area contributed by atoms with Crippen LogP contribution in [0, 0.1) is 6.92 Å². The first-order valence-corrected chi connectivity index (χ1v) is 5.24. The largest absolute Gasteiger partial charge is 0.473 e. The summed E-state index contributed by atoms with van der Waals surface area (Å²) in [5, 5.41) is 2.71. The van der Waals surface area contributed by atoms with Gasteiger partial charge in [0.25, 0.3) is 5.19 Å². The summed E-state index contributed by atoms with van der Waals surface area (Å²) >= 11 is 1.52. The maximum Gasteiger partial charge on any atom is 0.273 e. The van der Waals surface area contributed by atoms with E-state index in [0.717, 1.165) is 11.3 Å². The first-order valence-electron chi connectivity index (χ1n) is 4.36. The lowest BCUT2D eigenvalue weighted by Crippen LogP contribution is -1.81. The van der Waals surface area contributed by atoms with Gasteiger partial charge in [-0.25, -0.2) is 4.98 Å². The zero-order chi connectivity index (χ0) is 9.97. The monoisotopic (exact) mass is 205 g/mol. The molecule has 2 aromatic rings. The van der Waals surface area contributed by atoms with Crippen molar-refractivity contribution in [1.82, 2.24) is 4.98 Å². The van der Waals surface area contributed by atoms with Crippen LogP contribution in [-0.4, -0.2) is 12.1 Å². The number of methoxy groups -OCH3 is 1. The summed E-state index contributed by atoms with van der Waals surface area (Å²) in [7, 11) is 1.64. The Morgan fingerprint density at radius 3 is 2.50 bits per heavy atom. The molecule has 2 rings (SSSR count). The Balaban J connectivity index is 2.34. The van der Waals surface area contributed by atoms with Crippen molar-refractivity contribution >= 4 is 11.3 Å². The van der Waals surface area contributed by atoms with Crippen molar-refractivity contribution < 1.29 is 4.74 Å². The summed E-state index contributed by atoms with van der Waals surface area (Å²) < 4.78 is 5.05. The summed E-state index contributed by atoms with van der Waals surface area (Å²) in [6.45, 7) is 2.07. The van der Waals surface area contributed by atoms with E-state index >= 15 is 0 Å². The molecule has 0 N–H and O–H groups in total. The highest BCUT2D eigenvalue weighted by Crippen LogP contribution is 2.25. The van der Waals surface area contributed by atoms with Crippen molar-refractivity contribution in [1.29, 1.82) is 0 Å². The van der Waals surface area contributed by atoms with Crippen molar-refractivity contribution in [3.05, 3.63) is 35.2 Å². The van der Waals surface area contributed by atoms with Crippen LogP contribution in [0.5, 0.6) is 5.19 Å². The average Bonchev–Trinajstić information content (AvgIpc) is 2.67. The first kappa shape index (κ1) is 9.21. The second-order valence-corrected chi connectivity index (χ2v) is 3.89. The molecule has 0 spiro atoms. The molecule has 0 aliphatic heterocycles. The van der Waals surface area contributed by atoms with Crippen molar-refractivity contribution in [3.63, 3.8) is 0 Å². The molecule has 0 saturated carbocycles. The SMILES string of the molecule is COc1nc(-c2ccc(C)cc2)cs1. The molecule has 2 nitrogen and oxygen atoms in total. The molecule has 0 unspecified atom stereocenters. The number of aryl methyl sites for hydroxylation is 1. The van der Waals surface area contributed by atoms with E-state index in [1.807, 2.05) is 5.38 Å². The molecule has 1 aromatic carbocycles. The Bertz CT molecular complexity index is 419. The van der Waals surface area contributed by atoms with E-state index in [4.69, 9.17) is 4.74 Å². The molecular weight excluding hydrogens is 194 g/mol. The highest BCUT2D eigenvalue weighted by atomic mass is 32.1. The van der Waals surface area contributed by atoms with Gasteiger partial charge in [0, 0.05) is 10.9 Å². The summed E-state index contributed by atoms with van der Waals surface area (Å²) in [5.41, 5.74) is 3.37. The summed E-state index contributed by atoms with van der Waals surface area (Å²) in [6.07, 6.45) is 0. The van der Waals surface area contributed by atoms with Crippen LogP contribution in [0.25, 0.3) is 11.3 Å². The van der Waals surface area contributed by atoms with Crippen molar-refractivity contribution in [2.45, 2.75) is 6.92 Å².